The molecule has 0 unspecified atom stereocenters. The van der Waals surface area contributed by atoms with E-state index in [0.29, 0.717) is 6.61 Å². The number of ether oxygens (including phenoxy) is 1. The normalized spacial score (nSPS) is 10.5. The van der Waals surface area contributed by atoms with Gasteiger partial charge in [-0.05, 0) is 44.5 Å². The van der Waals surface area contributed by atoms with Gasteiger partial charge in [0.2, 0.25) is 0 Å². The van der Waals surface area contributed by atoms with E-state index in [2.05, 4.69) is 36.4 Å². The minimum atomic E-state index is 0.696. The summed E-state index contributed by atoms with van der Waals surface area (Å²) in [5.74, 6) is 0.920. The van der Waals surface area contributed by atoms with Crippen LogP contribution >= 0.6 is 0 Å². The Morgan fingerprint density at radius 1 is 1.32 bits per heavy atom. The maximum absolute atomic E-state index is 5.49. The molecular weight excluding hydrogens is 238 g/mol. The number of nitrogens with zero attached hydrogens (tertiary/aromatic N) is 2. The minimum absolute atomic E-state index is 0.696. The Balaban J connectivity index is 2.05. The second-order valence-corrected chi connectivity index (χ2v) is 4.64. The molecule has 0 aliphatic carbocycles. The van der Waals surface area contributed by atoms with Crippen LogP contribution in [0.5, 0.6) is 5.75 Å². The summed E-state index contributed by atoms with van der Waals surface area (Å²) in [7, 11) is 1.96. The summed E-state index contributed by atoms with van der Waals surface area (Å²) in [6, 6.07) is 6.11. The number of rotatable bonds is 5. The Hall–Kier alpha value is -1.97. The third-order valence-corrected chi connectivity index (χ3v) is 3.32. The number of hydrogen-bond acceptors (Lipinski definition) is 3. The molecule has 2 aromatic rings. The van der Waals surface area contributed by atoms with E-state index in [1.165, 1.54) is 16.8 Å². The molecule has 19 heavy (non-hydrogen) atoms. The summed E-state index contributed by atoms with van der Waals surface area (Å²) in [4.78, 5) is 0. The highest BCUT2D eigenvalue weighted by atomic mass is 16.5. The van der Waals surface area contributed by atoms with E-state index in [1.54, 1.807) is 0 Å². The second kappa shape index (κ2) is 5.78. The summed E-state index contributed by atoms with van der Waals surface area (Å²) >= 11 is 0. The van der Waals surface area contributed by atoms with E-state index in [-0.39, 0.29) is 0 Å². The quantitative estimate of drug-likeness (QED) is 0.897. The highest BCUT2D eigenvalue weighted by Crippen LogP contribution is 2.22. The zero-order valence-electron chi connectivity index (χ0n) is 12.0. The Morgan fingerprint density at radius 3 is 2.68 bits per heavy atom. The van der Waals surface area contributed by atoms with E-state index in [4.69, 9.17) is 4.74 Å². The van der Waals surface area contributed by atoms with E-state index in [1.807, 2.05) is 30.9 Å². The Kier molecular flexibility index (Phi) is 4.10. The second-order valence-electron chi connectivity index (χ2n) is 4.64. The molecule has 0 atom stereocenters. The van der Waals surface area contributed by atoms with Crippen molar-refractivity contribution >= 4 is 5.69 Å². The summed E-state index contributed by atoms with van der Waals surface area (Å²) in [5, 5.41) is 7.69. The van der Waals surface area contributed by atoms with Crippen molar-refractivity contribution in [3.63, 3.8) is 0 Å². The van der Waals surface area contributed by atoms with Crippen molar-refractivity contribution < 1.29 is 4.74 Å². The summed E-state index contributed by atoms with van der Waals surface area (Å²) in [6.45, 7) is 7.64. The van der Waals surface area contributed by atoms with Crippen molar-refractivity contribution in [2.24, 2.45) is 7.05 Å². The van der Waals surface area contributed by atoms with Crippen molar-refractivity contribution in [3.05, 3.63) is 41.2 Å². The van der Waals surface area contributed by atoms with Crippen molar-refractivity contribution in [2.45, 2.75) is 27.3 Å². The van der Waals surface area contributed by atoms with Gasteiger partial charge >= 0.3 is 0 Å². The lowest BCUT2D eigenvalue weighted by Gasteiger charge is -2.11. The third kappa shape index (κ3) is 3.08. The van der Waals surface area contributed by atoms with Crippen LogP contribution in [0, 0.1) is 13.8 Å². The Bertz CT molecular complexity index is 561. The lowest BCUT2D eigenvalue weighted by Crippen LogP contribution is -2.03. The van der Waals surface area contributed by atoms with Crippen LogP contribution in [-0.2, 0) is 13.6 Å². The molecule has 0 spiro atoms. The SMILES string of the molecule is CCOc1ccc(NCc2cnn(C)c2C)c(C)c1. The number of benzene rings is 1. The van der Waals surface area contributed by atoms with E-state index in [9.17, 15) is 0 Å². The molecule has 0 bridgehead atoms. The molecule has 1 N–H and O–H groups in total. The van der Waals surface area contributed by atoms with Crippen LogP contribution in [0.1, 0.15) is 23.7 Å². The molecule has 1 aromatic carbocycles. The Morgan fingerprint density at radius 2 is 2.11 bits per heavy atom. The first kappa shape index (κ1) is 13.5. The van der Waals surface area contributed by atoms with Gasteiger partial charge in [-0.25, -0.2) is 0 Å². The molecule has 102 valence electrons. The minimum Gasteiger partial charge on any atom is -0.494 e. The molecule has 0 aliphatic rings. The van der Waals surface area contributed by atoms with Crippen molar-refractivity contribution in [3.8, 4) is 5.75 Å². The topological polar surface area (TPSA) is 39.1 Å². The molecule has 2 rings (SSSR count). The predicted molar refractivity (Wildman–Crippen MR) is 77.6 cm³/mol. The van der Waals surface area contributed by atoms with Gasteiger partial charge in [0.25, 0.3) is 0 Å². The van der Waals surface area contributed by atoms with Crippen LogP contribution in [0.2, 0.25) is 0 Å². The average Bonchev–Trinajstić information content (AvgIpc) is 2.70. The molecule has 0 saturated heterocycles. The van der Waals surface area contributed by atoms with Gasteiger partial charge in [-0.3, -0.25) is 4.68 Å². The first-order chi connectivity index (χ1) is 9.11. The number of hydrogen-bond donors (Lipinski definition) is 1. The average molecular weight is 259 g/mol. The molecule has 0 fully saturated rings. The van der Waals surface area contributed by atoms with Gasteiger partial charge in [-0.15, -0.1) is 0 Å². The summed E-state index contributed by atoms with van der Waals surface area (Å²) < 4.78 is 7.38. The van der Waals surface area contributed by atoms with Crippen molar-refractivity contribution in [1.29, 1.82) is 0 Å². The van der Waals surface area contributed by atoms with E-state index >= 15 is 0 Å². The van der Waals surface area contributed by atoms with Gasteiger partial charge in [0.15, 0.2) is 0 Å². The smallest absolute Gasteiger partial charge is 0.119 e. The van der Waals surface area contributed by atoms with Crippen molar-refractivity contribution in [2.75, 3.05) is 11.9 Å². The lowest BCUT2D eigenvalue weighted by atomic mass is 10.1. The molecule has 0 saturated carbocycles. The van der Waals surface area contributed by atoms with E-state index in [0.717, 1.165) is 18.0 Å². The first-order valence-corrected chi connectivity index (χ1v) is 6.56. The molecule has 0 amide bonds. The van der Waals surface area contributed by atoms with Gasteiger partial charge in [-0.1, -0.05) is 0 Å². The fourth-order valence-corrected chi connectivity index (χ4v) is 2.00. The molecule has 0 radical (unpaired) electrons. The monoisotopic (exact) mass is 259 g/mol. The van der Waals surface area contributed by atoms with Gasteiger partial charge in [0.05, 0.1) is 12.8 Å². The number of nitrogens with one attached hydrogen (secondary N) is 1. The fraction of sp³-hybridized carbons (Fsp3) is 0.400. The molecular formula is C15H21N3O. The van der Waals surface area contributed by atoms with Crippen LogP contribution in [0.4, 0.5) is 5.69 Å². The van der Waals surface area contributed by atoms with Gasteiger partial charge < -0.3 is 10.1 Å². The highest BCUT2D eigenvalue weighted by Gasteiger charge is 2.05. The van der Waals surface area contributed by atoms with E-state index < -0.39 is 0 Å². The lowest BCUT2D eigenvalue weighted by molar-refractivity contribution is 0.340. The van der Waals surface area contributed by atoms with Gasteiger partial charge in [0.1, 0.15) is 5.75 Å². The van der Waals surface area contributed by atoms with Crippen LogP contribution in [0.25, 0.3) is 0 Å². The van der Waals surface area contributed by atoms with Crippen LogP contribution in [0.3, 0.4) is 0 Å². The largest absolute Gasteiger partial charge is 0.494 e. The Labute approximate surface area is 114 Å². The maximum Gasteiger partial charge on any atom is 0.119 e. The third-order valence-electron chi connectivity index (χ3n) is 3.32. The predicted octanol–water partition coefficient (Wildman–Crippen LogP) is 3.05. The first-order valence-electron chi connectivity index (χ1n) is 6.56. The maximum atomic E-state index is 5.49. The highest BCUT2D eigenvalue weighted by molar-refractivity contribution is 5.53. The van der Waals surface area contributed by atoms with Crippen LogP contribution < -0.4 is 10.1 Å². The standard InChI is InChI=1S/C15H21N3O/c1-5-19-14-6-7-15(11(2)8-14)16-9-13-10-17-18(4)12(13)3/h6-8,10,16H,5,9H2,1-4H3. The zero-order chi connectivity index (χ0) is 13.8. The number of aryl methyl sites for hydroxylation is 2. The summed E-state index contributed by atoms with van der Waals surface area (Å²) in [6.07, 6.45) is 1.91. The van der Waals surface area contributed by atoms with Crippen LogP contribution in [0.15, 0.2) is 24.4 Å². The molecule has 1 aromatic heterocycles. The van der Waals surface area contributed by atoms with Crippen molar-refractivity contribution in [1.82, 2.24) is 9.78 Å². The fourth-order valence-electron chi connectivity index (χ4n) is 2.00. The van der Waals surface area contributed by atoms with Crippen LogP contribution in [-0.4, -0.2) is 16.4 Å². The van der Waals surface area contributed by atoms with Gasteiger partial charge in [0, 0.05) is 30.5 Å². The molecule has 0 aliphatic heterocycles. The molecule has 4 heteroatoms. The molecule has 4 nitrogen and oxygen atoms in total. The zero-order valence-corrected chi connectivity index (χ0v) is 12.0. The number of anilines is 1. The van der Waals surface area contributed by atoms with Gasteiger partial charge in [-0.2, -0.15) is 5.10 Å². The summed E-state index contributed by atoms with van der Waals surface area (Å²) in [5.41, 5.74) is 4.73. The number of aromatic nitrogens is 2. The molecule has 1 heterocycles.